The summed E-state index contributed by atoms with van der Waals surface area (Å²) in [6, 6.07) is 7.53. The number of amides is 1. The molecule has 59 valence electrons. The van der Waals surface area contributed by atoms with E-state index >= 15 is 0 Å². The van der Waals surface area contributed by atoms with Gasteiger partial charge in [-0.2, -0.15) is 0 Å². The quantitative estimate of drug-likeness (QED) is 0.575. The molecule has 0 aliphatic carbocycles. The molecule has 1 radical (unpaired) electrons. The minimum absolute atomic E-state index is 0.133. The van der Waals surface area contributed by atoms with E-state index in [0.717, 1.165) is 16.1 Å². The molecule has 1 aliphatic rings. The van der Waals surface area contributed by atoms with Crippen molar-refractivity contribution in [3.05, 3.63) is 41.8 Å². The summed E-state index contributed by atoms with van der Waals surface area (Å²) in [5.74, 6) is -0.133. The fourth-order valence-corrected chi connectivity index (χ4v) is 1.36. The van der Waals surface area contributed by atoms with E-state index in [1.54, 1.807) is 0 Å². The highest BCUT2D eigenvalue weighted by Crippen LogP contribution is 2.03. The molecule has 1 aromatic carbocycles. The Balaban J connectivity index is 2.88. The van der Waals surface area contributed by atoms with Crippen molar-refractivity contribution >= 4 is 11.5 Å². The third-order valence-electron chi connectivity index (χ3n) is 1.96. The van der Waals surface area contributed by atoms with Crippen LogP contribution in [0.3, 0.4) is 0 Å². The Morgan fingerprint density at radius 2 is 2.08 bits per heavy atom. The van der Waals surface area contributed by atoms with Crippen molar-refractivity contribution in [2.24, 2.45) is 4.99 Å². The van der Waals surface area contributed by atoms with Gasteiger partial charge in [-0.1, -0.05) is 18.2 Å². The van der Waals surface area contributed by atoms with E-state index in [1.165, 1.54) is 0 Å². The predicted octanol–water partition coefficient (Wildman–Crippen LogP) is 0.221. The number of hydrogen-bond acceptors (Lipinski definition) is 1. The predicted molar refractivity (Wildman–Crippen MR) is 45.6 cm³/mol. The molecule has 0 bridgehead atoms. The van der Waals surface area contributed by atoms with Crippen molar-refractivity contribution < 1.29 is 4.79 Å². The van der Waals surface area contributed by atoms with Crippen LogP contribution in [0.15, 0.2) is 29.3 Å². The van der Waals surface area contributed by atoms with E-state index in [2.05, 4.69) is 11.9 Å². The van der Waals surface area contributed by atoms with Crippen molar-refractivity contribution in [3.63, 3.8) is 0 Å². The summed E-state index contributed by atoms with van der Waals surface area (Å²) < 4.78 is 0. The Morgan fingerprint density at radius 1 is 1.33 bits per heavy atom. The first-order valence-electron chi connectivity index (χ1n) is 3.83. The van der Waals surface area contributed by atoms with Gasteiger partial charge >= 0.3 is 0 Å². The molecule has 0 atom stereocenters. The molecule has 1 aliphatic heterocycles. The normalized spacial score (nSPS) is 14.4. The van der Waals surface area contributed by atoms with Gasteiger partial charge in [0.05, 0.1) is 5.36 Å². The van der Waals surface area contributed by atoms with Crippen molar-refractivity contribution in [2.45, 2.75) is 6.42 Å². The summed E-state index contributed by atoms with van der Waals surface area (Å²) in [7, 11) is 0. The number of para-hydroxylation sites is 1. The van der Waals surface area contributed by atoms with Gasteiger partial charge in [-0.15, -0.1) is 0 Å². The van der Waals surface area contributed by atoms with Crippen LogP contribution in [-0.4, -0.2) is 5.91 Å². The molecule has 0 aromatic heterocycles. The molecule has 1 amide bonds. The summed E-state index contributed by atoms with van der Waals surface area (Å²) in [6.45, 7) is 3.70. The largest absolute Gasteiger partial charge is 0.274 e. The maximum Gasteiger partial charge on any atom is 0.274 e. The lowest BCUT2D eigenvalue weighted by Crippen LogP contribution is -2.21. The number of nitrogens with zero attached hydrogens (tertiary/aromatic N) is 1. The first kappa shape index (κ1) is 7.22. The average Bonchev–Trinajstić information content (AvgIpc) is 2.40. The van der Waals surface area contributed by atoms with Crippen LogP contribution in [0, 0.1) is 6.92 Å². The molecule has 1 aromatic rings. The Bertz CT molecular complexity index is 445. The number of rotatable bonds is 1. The van der Waals surface area contributed by atoms with Gasteiger partial charge in [0.25, 0.3) is 5.91 Å². The van der Waals surface area contributed by atoms with Crippen LogP contribution in [0.4, 0.5) is 0 Å². The van der Waals surface area contributed by atoms with Gasteiger partial charge in [-0.3, -0.25) is 4.79 Å². The van der Waals surface area contributed by atoms with Gasteiger partial charge < -0.3 is 0 Å². The van der Waals surface area contributed by atoms with Crippen molar-refractivity contribution in [2.75, 3.05) is 0 Å². The van der Waals surface area contributed by atoms with Crippen molar-refractivity contribution in [1.82, 2.24) is 0 Å². The number of carbonyl (C=O) groups excluding carboxylic acids is 1. The molecule has 2 nitrogen and oxygen atoms in total. The summed E-state index contributed by atoms with van der Waals surface area (Å²) in [6.07, 6.45) is 0.513. The molecule has 2 rings (SSSR count). The van der Waals surface area contributed by atoms with Crippen molar-refractivity contribution in [3.8, 4) is 0 Å². The number of benzene rings is 1. The molecular weight excluding hydrogens is 150 g/mol. The number of fused-ring (bicyclic) bond motifs is 1. The van der Waals surface area contributed by atoms with E-state index in [4.69, 9.17) is 0 Å². The second-order valence-corrected chi connectivity index (χ2v) is 2.66. The lowest BCUT2D eigenvalue weighted by atomic mass is 10.1. The topological polar surface area (TPSA) is 29.4 Å². The van der Waals surface area contributed by atoms with E-state index < -0.39 is 0 Å². The van der Waals surface area contributed by atoms with Crippen LogP contribution in [0.25, 0.3) is 5.57 Å². The maximum atomic E-state index is 11.2. The molecule has 2 heteroatoms. The summed E-state index contributed by atoms with van der Waals surface area (Å²) in [4.78, 5) is 15.1. The Hall–Kier alpha value is -1.44. The summed E-state index contributed by atoms with van der Waals surface area (Å²) in [5, 5.41) is 1.72. The van der Waals surface area contributed by atoms with Gasteiger partial charge in [-0.05, 0) is 19.4 Å². The zero-order chi connectivity index (χ0) is 8.55. The molecule has 1 heterocycles. The lowest BCUT2D eigenvalue weighted by molar-refractivity contribution is -0.112. The number of hydrogen-bond donors (Lipinski definition) is 0. The van der Waals surface area contributed by atoms with Gasteiger partial charge in [0.2, 0.25) is 0 Å². The van der Waals surface area contributed by atoms with E-state index in [-0.39, 0.29) is 5.91 Å². The third-order valence-corrected chi connectivity index (χ3v) is 1.96. The summed E-state index contributed by atoms with van der Waals surface area (Å²) in [5.41, 5.74) is 0.727. The molecule has 0 N–H and O–H groups in total. The van der Waals surface area contributed by atoms with Gasteiger partial charge in [0.1, 0.15) is 0 Å². The third kappa shape index (κ3) is 0.881. The van der Waals surface area contributed by atoms with Crippen molar-refractivity contribution in [1.29, 1.82) is 0 Å². The van der Waals surface area contributed by atoms with Gasteiger partial charge in [0, 0.05) is 10.8 Å². The molecule has 0 saturated carbocycles. The standard InChI is InChI=1S/C10H8NO/c1-2-7-8-5-3-4-6-9(8)11-10(7)12/h3-6H,1-2H2. The maximum absolute atomic E-state index is 11.2. The van der Waals surface area contributed by atoms with Gasteiger partial charge in [0.15, 0.2) is 0 Å². The molecule has 0 fully saturated rings. The Kier molecular flexibility index (Phi) is 1.54. The molecular formula is C10H8NO. The summed E-state index contributed by atoms with van der Waals surface area (Å²) >= 11 is 0. The van der Waals surface area contributed by atoms with Crippen LogP contribution < -0.4 is 10.6 Å². The van der Waals surface area contributed by atoms with Crippen LogP contribution in [0.5, 0.6) is 0 Å². The second-order valence-electron chi connectivity index (χ2n) is 2.66. The zero-order valence-electron chi connectivity index (χ0n) is 6.58. The molecule has 12 heavy (non-hydrogen) atoms. The zero-order valence-corrected chi connectivity index (χ0v) is 6.58. The fourth-order valence-electron chi connectivity index (χ4n) is 1.36. The monoisotopic (exact) mass is 158 g/mol. The highest BCUT2D eigenvalue weighted by Gasteiger charge is 2.12. The first-order chi connectivity index (χ1) is 5.83. The van der Waals surface area contributed by atoms with Crippen LogP contribution in [0.2, 0.25) is 0 Å². The highest BCUT2D eigenvalue weighted by molar-refractivity contribution is 6.15. The second kappa shape index (κ2) is 2.55. The Morgan fingerprint density at radius 3 is 2.83 bits per heavy atom. The highest BCUT2D eigenvalue weighted by atomic mass is 16.1. The lowest BCUT2D eigenvalue weighted by Gasteiger charge is -1.89. The van der Waals surface area contributed by atoms with Gasteiger partial charge in [-0.25, -0.2) is 4.99 Å². The first-order valence-corrected chi connectivity index (χ1v) is 3.83. The van der Waals surface area contributed by atoms with E-state index in [0.29, 0.717) is 6.42 Å². The molecule has 0 saturated heterocycles. The smallest absolute Gasteiger partial charge is 0.267 e. The van der Waals surface area contributed by atoms with E-state index in [9.17, 15) is 4.79 Å². The SMILES string of the molecule is [CH2]CC1=c2ccccc2=NC1=O. The van der Waals surface area contributed by atoms with Crippen LogP contribution in [0.1, 0.15) is 6.42 Å². The average molecular weight is 158 g/mol. The van der Waals surface area contributed by atoms with E-state index in [1.807, 2.05) is 24.3 Å². The fraction of sp³-hybridized carbons (Fsp3) is 0.100. The van der Waals surface area contributed by atoms with Crippen LogP contribution in [-0.2, 0) is 4.79 Å². The minimum Gasteiger partial charge on any atom is -0.267 e. The number of carbonyl (C=O) groups is 1. The Labute approximate surface area is 70.3 Å². The molecule has 0 spiro atoms. The molecule has 0 unspecified atom stereocenters. The van der Waals surface area contributed by atoms with Crippen LogP contribution >= 0.6 is 0 Å². The minimum atomic E-state index is -0.133.